The van der Waals surface area contributed by atoms with Gasteiger partial charge in [0.2, 0.25) is 0 Å². The van der Waals surface area contributed by atoms with Gasteiger partial charge in [0.25, 0.3) is 0 Å². The Labute approximate surface area is 122 Å². The highest BCUT2D eigenvalue weighted by molar-refractivity contribution is 6.37. The van der Waals surface area contributed by atoms with Gasteiger partial charge in [-0.2, -0.15) is 0 Å². The highest BCUT2D eigenvalue weighted by Gasteiger charge is 2.29. The van der Waals surface area contributed by atoms with Crippen LogP contribution in [0, 0.1) is 0 Å². The average molecular weight is 305 g/mol. The molecule has 0 aliphatic heterocycles. The normalized spacial score (nSPS) is 18.1. The molecule has 1 aromatic rings. The molecule has 7 heteroatoms. The highest BCUT2D eigenvalue weighted by atomic mass is 35.5. The summed E-state index contributed by atoms with van der Waals surface area (Å²) in [5.41, 5.74) is 1.72. The van der Waals surface area contributed by atoms with Crippen molar-refractivity contribution in [2.75, 3.05) is 17.3 Å². The van der Waals surface area contributed by atoms with Gasteiger partial charge in [0.1, 0.15) is 5.82 Å². The predicted molar refractivity (Wildman–Crippen MR) is 78.6 cm³/mol. The maximum atomic E-state index is 10.4. The summed E-state index contributed by atoms with van der Waals surface area (Å²) in [6.07, 6.45) is 4.88. The number of nitrogens with two attached hydrogens (primary N) is 1. The third kappa shape index (κ3) is 3.63. The van der Waals surface area contributed by atoms with Crippen molar-refractivity contribution < 1.29 is 5.11 Å². The van der Waals surface area contributed by atoms with E-state index >= 15 is 0 Å². The minimum Gasteiger partial charge on any atom is -0.388 e. The molecule has 5 nitrogen and oxygen atoms in total. The average Bonchev–Trinajstić information content (AvgIpc) is 2.39. The predicted octanol–water partition coefficient (Wildman–Crippen LogP) is 2.78. The molecule has 0 spiro atoms. The molecule has 0 aromatic carbocycles. The summed E-state index contributed by atoms with van der Waals surface area (Å²) < 4.78 is 0. The molecular formula is C12H18Cl2N4O. The molecule has 2 rings (SSSR count). The van der Waals surface area contributed by atoms with Crippen LogP contribution >= 0.6 is 23.2 Å². The zero-order valence-corrected chi connectivity index (χ0v) is 12.1. The van der Waals surface area contributed by atoms with Gasteiger partial charge in [-0.1, -0.05) is 42.5 Å². The maximum absolute atomic E-state index is 10.4. The lowest BCUT2D eigenvalue weighted by molar-refractivity contribution is 0.0166. The SMILES string of the molecule is NNc1nc(NCC2(O)CCCCC2)c(Cl)cc1Cl. The van der Waals surface area contributed by atoms with Crippen LogP contribution in [0.2, 0.25) is 10.0 Å². The summed E-state index contributed by atoms with van der Waals surface area (Å²) in [6, 6.07) is 1.57. The molecule has 106 valence electrons. The second-order valence-corrected chi connectivity index (χ2v) is 5.75. The number of nitrogen functional groups attached to an aromatic ring is 1. The molecule has 1 aliphatic carbocycles. The van der Waals surface area contributed by atoms with E-state index in [1.165, 1.54) is 6.42 Å². The van der Waals surface area contributed by atoms with Crippen molar-refractivity contribution in [1.82, 2.24) is 4.98 Å². The minimum atomic E-state index is -0.681. The van der Waals surface area contributed by atoms with E-state index in [1.807, 2.05) is 0 Å². The molecule has 19 heavy (non-hydrogen) atoms. The van der Waals surface area contributed by atoms with E-state index in [9.17, 15) is 5.11 Å². The fourth-order valence-corrected chi connectivity index (χ4v) is 2.81. The maximum Gasteiger partial charge on any atom is 0.161 e. The second kappa shape index (κ2) is 6.13. The van der Waals surface area contributed by atoms with Crippen LogP contribution in [0.1, 0.15) is 32.1 Å². The zero-order chi connectivity index (χ0) is 13.9. The van der Waals surface area contributed by atoms with E-state index in [-0.39, 0.29) is 0 Å². The van der Waals surface area contributed by atoms with Gasteiger partial charge in [-0.25, -0.2) is 10.8 Å². The molecule has 0 unspecified atom stereocenters. The Balaban J connectivity index is 2.06. The lowest BCUT2D eigenvalue weighted by Gasteiger charge is -2.32. The summed E-state index contributed by atoms with van der Waals surface area (Å²) in [6.45, 7) is 0.422. The molecule has 1 aromatic heterocycles. The number of halogens is 2. The Morgan fingerprint density at radius 2 is 1.84 bits per heavy atom. The Morgan fingerprint density at radius 1 is 1.21 bits per heavy atom. The van der Waals surface area contributed by atoms with Crippen LogP contribution in [-0.2, 0) is 0 Å². The van der Waals surface area contributed by atoms with Crippen molar-refractivity contribution in [3.8, 4) is 0 Å². The van der Waals surface area contributed by atoms with Crippen LogP contribution in [0.15, 0.2) is 6.07 Å². The number of anilines is 2. The quantitative estimate of drug-likeness (QED) is 0.508. The summed E-state index contributed by atoms with van der Waals surface area (Å²) in [4.78, 5) is 4.18. The number of nitrogens with one attached hydrogen (secondary N) is 2. The van der Waals surface area contributed by atoms with Crippen molar-refractivity contribution in [3.63, 3.8) is 0 Å². The lowest BCUT2D eigenvalue weighted by atomic mass is 9.85. The number of nitrogens with zero attached hydrogens (tertiary/aromatic N) is 1. The molecule has 1 heterocycles. The van der Waals surface area contributed by atoms with Crippen LogP contribution < -0.4 is 16.6 Å². The molecule has 1 aliphatic rings. The molecule has 1 saturated carbocycles. The fourth-order valence-electron chi connectivity index (χ4n) is 2.33. The van der Waals surface area contributed by atoms with E-state index in [1.54, 1.807) is 6.07 Å². The standard InChI is InChI=1S/C12H18Cl2N4O/c13-8-6-9(14)11(18-15)17-10(8)16-7-12(19)4-2-1-3-5-12/h6,19H,1-5,7,15H2,(H2,16,17,18). The number of rotatable bonds is 4. The van der Waals surface area contributed by atoms with E-state index < -0.39 is 5.60 Å². The smallest absolute Gasteiger partial charge is 0.161 e. The first-order valence-corrected chi connectivity index (χ1v) is 7.08. The van der Waals surface area contributed by atoms with Crippen molar-refractivity contribution in [3.05, 3.63) is 16.1 Å². The van der Waals surface area contributed by atoms with Gasteiger partial charge in [-0.15, -0.1) is 0 Å². The molecular weight excluding hydrogens is 287 g/mol. The summed E-state index contributed by atoms with van der Waals surface area (Å²) in [7, 11) is 0. The van der Waals surface area contributed by atoms with Gasteiger partial charge in [0.05, 0.1) is 15.6 Å². The van der Waals surface area contributed by atoms with E-state index in [2.05, 4.69) is 15.7 Å². The highest BCUT2D eigenvalue weighted by Crippen LogP contribution is 2.31. The molecule has 1 fully saturated rings. The first-order chi connectivity index (χ1) is 9.04. The first-order valence-electron chi connectivity index (χ1n) is 6.33. The van der Waals surface area contributed by atoms with Crippen molar-refractivity contribution in [2.24, 2.45) is 5.84 Å². The van der Waals surface area contributed by atoms with E-state index in [0.717, 1.165) is 25.7 Å². The van der Waals surface area contributed by atoms with Gasteiger partial charge in [-0.05, 0) is 18.9 Å². The number of hydrogen-bond donors (Lipinski definition) is 4. The van der Waals surface area contributed by atoms with Gasteiger partial charge in [0, 0.05) is 6.54 Å². The molecule has 0 amide bonds. The molecule has 0 saturated heterocycles. The Morgan fingerprint density at radius 3 is 2.47 bits per heavy atom. The molecule has 0 radical (unpaired) electrons. The number of aromatic nitrogens is 1. The van der Waals surface area contributed by atoms with Crippen LogP contribution in [0.3, 0.4) is 0 Å². The van der Waals surface area contributed by atoms with Crippen LogP contribution in [-0.4, -0.2) is 22.2 Å². The second-order valence-electron chi connectivity index (χ2n) is 4.93. The Hall–Kier alpha value is -0.750. The fraction of sp³-hybridized carbons (Fsp3) is 0.583. The number of aliphatic hydroxyl groups is 1. The van der Waals surface area contributed by atoms with Gasteiger partial charge in [0.15, 0.2) is 5.82 Å². The third-order valence-corrected chi connectivity index (χ3v) is 4.01. The molecule has 0 bridgehead atoms. The van der Waals surface area contributed by atoms with Crippen molar-refractivity contribution in [1.29, 1.82) is 0 Å². The lowest BCUT2D eigenvalue weighted by Crippen LogP contribution is -2.39. The van der Waals surface area contributed by atoms with Gasteiger partial charge in [-0.3, -0.25) is 0 Å². The number of hydrazine groups is 1. The van der Waals surface area contributed by atoms with E-state index in [4.69, 9.17) is 29.0 Å². The summed E-state index contributed by atoms with van der Waals surface area (Å²) in [5.74, 6) is 6.14. The zero-order valence-electron chi connectivity index (χ0n) is 10.5. The van der Waals surface area contributed by atoms with Crippen molar-refractivity contribution >= 4 is 34.8 Å². The van der Waals surface area contributed by atoms with Crippen LogP contribution in [0.4, 0.5) is 11.6 Å². The Bertz CT molecular complexity index is 450. The van der Waals surface area contributed by atoms with Gasteiger partial charge >= 0.3 is 0 Å². The number of pyridine rings is 1. The molecule has 5 N–H and O–H groups in total. The topological polar surface area (TPSA) is 83.2 Å². The first kappa shape index (κ1) is 14.7. The summed E-state index contributed by atoms with van der Waals surface area (Å²) >= 11 is 12.0. The number of hydrogen-bond acceptors (Lipinski definition) is 5. The largest absolute Gasteiger partial charge is 0.388 e. The van der Waals surface area contributed by atoms with Crippen LogP contribution in [0.5, 0.6) is 0 Å². The monoisotopic (exact) mass is 304 g/mol. The van der Waals surface area contributed by atoms with Crippen molar-refractivity contribution in [2.45, 2.75) is 37.7 Å². The van der Waals surface area contributed by atoms with E-state index in [0.29, 0.717) is 28.2 Å². The summed E-state index contributed by atoms with van der Waals surface area (Å²) in [5, 5.41) is 14.2. The van der Waals surface area contributed by atoms with Crippen LogP contribution in [0.25, 0.3) is 0 Å². The molecule has 0 atom stereocenters. The Kier molecular flexibility index (Phi) is 4.73. The van der Waals surface area contributed by atoms with Gasteiger partial charge < -0.3 is 15.8 Å². The third-order valence-electron chi connectivity index (χ3n) is 3.44. The minimum absolute atomic E-state index is 0.351.